The fourth-order valence-electron chi connectivity index (χ4n) is 7.74. The van der Waals surface area contributed by atoms with Crippen molar-refractivity contribution in [1.29, 1.82) is 0 Å². The van der Waals surface area contributed by atoms with Gasteiger partial charge >= 0.3 is 0 Å². The Labute approximate surface area is 328 Å². The number of ether oxygens (including phenoxy) is 2. The van der Waals surface area contributed by atoms with Crippen molar-refractivity contribution in [2.45, 2.75) is 63.3 Å². The standard InChI is InChI=1S/C40H42N8O8S/c41-36-34-35(25-14-16-28(17-15-25)56-27-10-3-1-4-11-27)45-48(37(34)43-24-42-36)26-9-8-20-46(23-26)57(53,54)22-6-2-5-21-55-31-13-7-12-29-33(31)40(52)47(39(29)51)30-18-19-32(49)44-38(30)50/h1,3-4,7,10-17,24,26,30,38,50H,2,5-6,8-9,18-23H2,(H,44,49)(H2,41,42,43)/t26-,30?,38?/m0/s1. The van der Waals surface area contributed by atoms with Crippen LogP contribution in [-0.4, -0.2) is 97.9 Å². The first-order valence-corrected chi connectivity index (χ1v) is 20.6. The molecule has 0 bridgehead atoms. The molecule has 8 rings (SSSR count). The second-order valence-corrected chi connectivity index (χ2v) is 16.4. The normalized spacial score (nSPS) is 20.1. The zero-order chi connectivity index (χ0) is 39.7. The largest absolute Gasteiger partial charge is 0.493 e. The Morgan fingerprint density at radius 3 is 2.47 bits per heavy atom. The van der Waals surface area contributed by atoms with Gasteiger partial charge in [-0.3, -0.25) is 19.3 Å². The van der Waals surface area contributed by atoms with Gasteiger partial charge in [-0.25, -0.2) is 23.1 Å². The maximum Gasteiger partial charge on any atom is 0.265 e. The van der Waals surface area contributed by atoms with Crippen LogP contribution < -0.4 is 20.5 Å². The van der Waals surface area contributed by atoms with E-state index in [9.17, 15) is 27.9 Å². The molecule has 0 radical (unpaired) electrons. The zero-order valence-corrected chi connectivity index (χ0v) is 31.8. The second kappa shape index (κ2) is 15.9. The average Bonchev–Trinajstić information content (AvgIpc) is 3.73. The molecule has 5 heterocycles. The fraction of sp³-hybridized carbons (Fsp3) is 0.350. The number of anilines is 1. The summed E-state index contributed by atoms with van der Waals surface area (Å²) in [5, 5.41) is 18.3. The van der Waals surface area contributed by atoms with E-state index in [1.807, 2.05) is 54.6 Å². The van der Waals surface area contributed by atoms with Gasteiger partial charge in [-0.15, -0.1) is 0 Å². The molecule has 4 N–H and O–H groups in total. The van der Waals surface area contributed by atoms with Crippen molar-refractivity contribution in [2.75, 3.05) is 31.2 Å². The fourth-order valence-corrected chi connectivity index (χ4v) is 9.37. The number of nitrogens with one attached hydrogen (secondary N) is 1. The van der Waals surface area contributed by atoms with Crippen LogP contribution >= 0.6 is 0 Å². The number of carbonyl (C=O) groups excluding carboxylic acids is 3. The van der Waals surface area contributed by atoms with Gasteiger partial charge in [0.2, 0.25) is 15.9 Å². The lowest BCUT2D eigenvalue weighted by molar-refractivity contribution is -0.129. The number of benzene rings is 3. The Hall–Kier alpha value is -5.91. The molecule has 2 saturated heterocycles. The highest BCUT2D eigenvalue weighted by atomic mass is 32.2. The van der Waals surface area contributed by atoms with Crippen molar-refractivity contribution in [2.24, 2.45) is 0 Å². The molecule has 3 aliphatic rings. The lowest BCUT2D eigenvalue weighted by Crippen LogP contribution is -2.57. The van der Waals surface area contributed by atoms with E-state index in [0.29, 0.717) is 61.1 Å². The van der Waals surface area contributed by atoms with E-state index in [-0.39, 0.29) is 66.4 Å². The predicted molar refractivity (Wildman–Crippen MR) is 209 cm³/mol. The van der Waals surface area contributed by atoms with Crippen LogP contribution in [0.15, 0.2) is 79.1 Å². The van der Waals surface area contributed by atoms with Crippen molar-refractivity contribution < 1.29 is 37.4 Å². The van der Waals surface area contributed by atoms with Gasteiger partial charge in [0.05, 0.1) is 41.0 Å². The quantitative estimate of drug-likeness (QED) is 0.113. The summed E-state index contributed by atoms with van der Waals surface area (Å²) in [6.07, 6.45) is 3.10. The first-order chi connectivity index (χ1) is 27.6. The molecule has 0 saturated carbocycles. The number of carbonyl (C=O) groups is 3. The molecule has 3 amide bonds. The summed E-state index contributed by atoms with van der Waals surface area (Å²) < 4.78 is 42.4. The molecular weight excluding hydrogens is 753 g/mol. The van der Waals surface area contributed by atoms with E-state index in [1.54, 1.807) is 16.8 Å². The number of imide groups is 1. The Kier molecular flexibility index (Phi) is 10.6. The molecule has 16 nitrogen and oxygen atoms in total. The van der Waals surface area contributed by atoms with Crippen LogP contribution in [0.4, 0.5) is 5.82 Å². The van der Waals surface area contributed by atoms with E-state index < -0.39 is 34.1 Å². The van der Waals surface area contributed by atoms with Crippen molar-refractivity contribution in [1.82, 2.24) is 34.3 Å². The number of hydrogen-bond donors (Lipinski definition) is 3. The number of nitrogen functional groups attached to an aromatic ring is 1. The van der Waals surface area contributed by atoms with Gasteiger partial charge in [-0.2, -0.15) is 9.40 Å². The molecule has 3 aromatic carbocycles. The van der Waals surface area contributed by atoms with E-state index >= 15 is 0 Å². The Morgan fingerprint density at radius 1 is 0.895 bits per heavy atom. The molecule has 5 aromatic rings. The zero-order valence-electron chi connectivity index (χ0n) is 31.0. The molecule has 3 aliphatic heterocycles. The number of nitrogens with zero attached hydrogens (tertiary/aromatic N) is 6. The summed E-state index contributed by atoms with van der Waals surface area (Å²) in [7, 11) is -3.60. The van der Waals surface area contributed by atoms with Gasteiger partial charge in [0.15, 0.2) is 5.65 Å². The van der Waals surface area contributed by atoms with Crippen LogP contribution in [0.1, 0.15) is 71.7 Å². The summed E-state index contributed by atoms with van der Waals surface area (Å²) in [5.41, 5.74) is 8.59. The number of nitrogens with two attached hydrogens (primary N) is 1. The van der Waals surface area contributed by atoms with Gasteiger partial charge in [0.1, 0.15) is 41.3 Å². The third-order valence-electron chi connectivity index (χ3n) is 10.6. The van der Waals surface area contributed by atoms with Crippen LogP contribution in [0.25, 0.3) is 22.3 Å². The minimum atomic E-state index is -3.60. The minimum absolute atomic E-state index is 0.0414. The monoisotopic (exact) mass is 794 g/mol. The number of sulfonamides is 1. The van der Waals surface area contributed by atoms with Gasteiger partial charge in [0.25, 0.3) is 11.8 Å². The average molecular weight is 795 g/mol. The highest BCUT2D eigenvalue weighted by Gasteiger charge is 2.46. The van der Waals surface area contributed by atoms with Gasteiger partial charge in [-0.1, -0.05) is 24.3 Å². The molecule has 17 heteroatoms. The minimum Gasteiger partial charge on any atom is -0.493 e. The van der Waals surface area contributed by atoms with Crippen LogP contribution in [0, 0.1) is 0 Å². The molecule has 3 atom stereocenters. The predicted octanol–water partition coefficient (Wildman–Crippen LogP) is 4.28. The molecule has 0 aliphatic carbocycles. The van der Waals surface area contributed by atoms with E-state index in [0.717, 1.165) is 16.2 Å². The highest BCUT2D eigenvalue weighted by Crippen LogP contribution is 2.36. The maximum atomic E-state index is 13.6. The number of rotatable bonds is 13. The SMILES string of the molecule is Nc1ncnc2c1c(-c1ccc(Oc3ccccc3)cc1)nn2[C@H]1CCCN(S(=O)(=O)CCCCCOc2cccc3c2C(=O)N(C2CCC(=O)NC2O)C3=O)C1. The third-order valence-corrected chi connectivity index (χ3v) is 12.5. The van der Waals surface area contributed by atoms with Crippen LogP contribution in [-0.2, 0) is 14.8 Å². The third kappa shape index (κ3) is 7.65. The molecule has 0 spiro atoms. The number of hydrogen-bond acceptors (Lipinski definition) is 12. The number of aromatic nitrogens is 4. The second-order valence-electron chi connectivity index (χ2n) is 14.3. The summed E-state index contributed by atoms with van der Waals surface area (Å²) in [4.78, 5) is 48.0. The molecule has 57 heavy (non-hydrogen) atoms. The van der Waals surface area contributed by atoms with Crippen LogP contribution in [0.3, 0.4) is 0 Å². The van der Waals surface area contributed by atoms with Crippen LogP contribution in [0.5, 0.6) is 17.2 Å². The number of amides is 3. The van der Waals surface area contributed by atoms with Gasteiger partial charge in [0, 0.05) is 25.1 Å². The van der Waals surface area contributed by atoms with Crippen LogP contribution in [0.2, 0.25) is 0 Å². The van der Waals surface area contributed by atoms with Crippen molar-refractivity contribution in [3.63, 3.8) is 0 Å². The molecule has 2 aromatic heterocycles. The van der Waals surface area contributed by atoms with Crippen molar-refractivity contribution in [3.8, 4) is 28.5 Å². The number of para-hydroxylation sites is 1. The summed E-state index contributed by atoms with van der Waals surface area (Å²) in [6, 6.07) is 20.6. The molecule has 296 valence electrons. The lowest BCUT2D eigenvalue weighted by Gasteiger charge is -2.33. The molecule has 2 fully saturated rings. The van der Waals surface area contributed by atoms with Gasteiger partial charge in [-0.05, 0) is 87.1 Å². The summed E-state index contributed by atoms with van der Waals surface area (Å²) in [5.74, 6) is 0.377. The Bertz CT molecular complexity index is 2430. The maximum absolute atomic E-state index is 13.6. The summed E-state index contributed by atoms with van der Waals surface area (Å²) in [6.45, 7) is 0.845. The first kappa shape index (κ1) is 38.0. The first-order valence-electron chi connectivity index (χ1n) is 19.0. The highest BCUT2D eigenvalue weighted by molar-refractivity contribution is 7.89. The van der Waals surface area contributed by atoms with E-state index in [1.165, 1.54) is 16.7 Å². The topological polar surface area (TPSA) is 212 Å². The molecular formula is C40H42N8O8S. The number of unbranched alkanes of at least 4 members (excludes halogenated alkanes) is 2. The molecule has 2 unspecified atom stereocenters. The van der Waals surface area contributed by atoms with Crippen molar-refractivity contribution >= 4 is 44.6 Å². The lowest BCUT2D eigenvalue weighted by atomic mass is 10.0. The van der Waals surface area contributed by atoms with Gasteiger partial charge < -0.3 is 25.6 Å². The van der Waals surface area contributed by atoms with Crippen molar-refractivity contribution in [3.05, 3.63) is 90.3 Å². The summed E-state index contributed by atoms with van der Waals surface area (Å²) >= 11 is 0. The number of piperidine rings is 2. The van der Waals surface area contributed by atoms with E-state index in [4.69, 9.17) is 20.3 Å². The van der Waals surface area contributed by atoms with E-state index in [2.05, 4.69) is 15.3 Å². The Morgan fingerprint density at radius 2 is 1.68 bits per heavy atom. The number of aliphatic hydroxyl groups is 1. The smallest absolute Gasteiger partial charge is 0.265 e. The number of fused-ring (bicyclic) bond motifs is 2. The number of aliphatic hydroxyl groups excluding tert-OH is 1. The Balaban J connectivity index is 0.873.